The molecule has 198 valence electrons. The van der Waals surface area contributed by atoms with Crippen LogP contribution < -0.4 is 14.4 Å². The van der Waals surface area contributed by atoms with E-state index >= 15 is 0 Å². The van der Waals surface area contributed by atoms with E-state index in [1.165, 1.54) is 17.5 Å². The van der Waals surface area contributed by atoms with Crippen LogP contribution >= 0.6 is 11.6 Å². The van der Waals surface area contributed by atoms with Gasteiger partial charge in [-0.2, -0.15) is 0 Å². The molecule has 0 radical (unpaired) electrons. The van der Waals surface area contributed by atoms with E-state index in [0.29, 0.717) is 17.9 Å². The van der Waals surface area contributed by atoms with Crippen molar-refractivity contribution in [2.75, 3.05) is 24.2 Å². The third kappa shape index (κ3) is 8.41. The van der Waals surface area contributed by atoms with E-state index in [4.69, 9.17) is 16.3 Å². The summed E-state index contributed by atoms with van der Waals surface area (Å²) in [5.74, 6) is 0.0131. The molecule has 0 unspecified atom stereocenters. The lowest BCUT2D eigenvalue weighted by Crippen LogP contribution is -2.50. The highest BCUT2D eigenvalue weighted by Gasteiger charge is 2.29. The molecule has 36 heavy (non-hydrogen) atoms. The zero-order chi connectivity index (χ0) is 26.9. The minimum atomic E-state index is -3.62. The molecule has 2 aromatic rings. The van der Waals surface area contributed by atoms with Crippen LogP contribution in [-0.2, 0) is 26.2 Å². The Labute approximate surface area is 219 Å². The molecule has 0 aromatic heterocycles. The van der Waals surface area contributed by atoms with Gasteiger partial charge < -0.3 is 15.0 Å². The summed E-state index contributed by atoms with van der Waals surface area (Å²) in [6.45, 7) is 5.99. The fourth-order valence-corrected chi connectivity index (χ4v) is 5.10. The first kappa shape index (κ1) is 29.5. The summed E-state index contributed by atoms with van der Waals surface area (Å²) in [4.78, 5) is 27.9. The van der Waals surface area contributed by atoms with E-state index in [0.717, 1.165) is 11.8 Å². The third-order valence-corrected chi connectivity index (χ3v) is 7.08. The van der Waals surface area contributed by atoms with Gasteiger partial charge in [-0.15, -0.1) is 0 Å². The second-order valence-corrected chi connectivity index (χ2v) is 11.2. The van der Waals surface area contributed by atoms with E-state index in [1.807, 2.05) is 51.1 Å². The fourth-order valence-electron chi connectivity index (χ4n) is 3.89. The molecule has 1 N–H and O–H groups in total. The van der Waals surface area contributed by atoms with Gasteiger partial charge >= 0.3 is 0 Å². The van der Waals surface area contributed by atoms with Gasteiger partial charge in [0.2, 0.25) is 21.8 Å². The van der Waals surface area contributed by atoms with Crippen LogP contribution in [-0.4, -0.2) is 57.1 Å². The number of halogens is 1. The normalized spacial score (nSPS) is 12.2. The number of methoxy groups -OCH3 is 1. The Kier molecular flexibility index (Phi) is 11.0. The molecule has 8 nitrogen and oxygen atoms in total. The lowest BCUT2D eigenvalue weighted by Gasteiger charge is -2.31. The van der Waals surface area contributed by atoms with Gasteiger partial charge in [0, 0.05) is 25.6 Å². The van der Waals surface area contributed by atoms with Crippen molar-refractivity contribution in [2.45, 2.75) is 58.7 Å². The number of hydrogen-bond acceptors (Lipinski definition) is 5. The predicted octanol–water partition coefficient (Wildman–Crippen LogP) is 4.23. The lowest BCUT2D eigenvalue weighted by atomic mass is 10.1. The number of amides is 2. The summed E-state index contributed by atoms with van der Waals surface area (Å²) in [6.07, 6.45) is 1.91. The van der Waals surface area contributed by atoms with Gasteiger partial charge in [0.25, 0.3) is 0 Å². The summed E-state index contributed by atoms with van der Waals surface area (Å²) in [7, 11) is -2.14. The average molecular weight is 538 g/mol. The zero-order valence-corrected chi connectivity index (χ0v) is 23.1. The van der Waals surface area contributed by atoms with Gasteiger partial charge in [-0.25, -0.2) is 8.42 Å². The second-order valence-electron chi connectivity index (χ2n) is 8.85. The molecule has 1 atom stereocenters. The molecule has 0 aliphatic rings. The smallest absolute Gasteiger partial charge is 0.243 e. The maximum atomic E-state index is 13.4. The van der Waals surface area contributed by atoms with E-state index < -0.39 is 16.1 Å². The van der Waals surface area contributed by atoms with E-state index in [1.54, 1.807) is 17.0 Å². The van der Waals surface area contributed by atoms with Gasteiger partial charge in [-0.1, -0.05) is 48.9 Å². The van der Waals surface area contributed by atoms with Crippen molar-refractivity contribution in [3.63, 3.8) is 0 Å². The van der Waals surface area contributed by atoms with Crippen LogP contribution in [0.5, 0.6) is 5.75 Å². The average Bonchev–Trinajstić information content (AvgIpc) is 2.81. The maximum absolute atomic E-state index is 13.4. The van der Waals surface area contributed by atoms with Gasteiger partial charge in [0.1, 0.15) is 11.8 Å². The number of ether oxygens (including phenoxy) is 1. The Hall–Kier alpha value is -2.78. The van der Waals surface area contributed by atoms with Crippen molar-refractivity contribution in [3.05, 3.63) is 59.1 Å². The molecular formula is C26H36ClN3O5S. The van der Waals surface area contributed by atoms with Crippen LogP contribution in [0.25, 0.3) is 0 Å². The van der Waals surface area contributed by atoms with Crippen LogP contribution in [0.2, 0.25) is 5.02 Å². The van der Waals surface area contributed by atoms with Gasteiger partial charge in [0.05, 0.1) is 24.1 Å². The highest BCUT2D eigenvalue weighted by Crippen LogP contribution is 2.30. The van der Waals surface area contributed by atoms with E-state index in [2.05, 4.69) is 5.32 Å². The second kappa shape index (κ2) is 13.5. The molecule has 2 amide bonds. The first-order valence-electron chi connectivity index (χ1n) is 11.9. The lowest BCUT2D eigenvalue weighted by molar-refractivity contribution is -0.141. The van der Waals surface area contributed by atoms with Gasteiger partial charge in [-0.05, 0) is 50.5 Å². The highest BCUT2D eigenvalue weighted by molar-refractivity contribution is 7.92. The summed E-state index contributed by atoms with van der Waals surface area (Å²) in [5, 5.41) is 3.19. The Morgan fingerprint density at radius 2 is 1.78 bits per heavy atom. The number of nitrogens with zero attached hydrogens (tertiary/aromatic N) is 2. The molecule has 0 saturated heterocycles. The summed E-state index contributed by atoms with van der Waals surface area (Å²) in [6, 6.07) is 13.5. The molecular weight excluding hydrogens is 502 g/mol. The summed E-state index contributed by atoms with van der Waals surface area (Å²) >= 11 is 6.20. The van der Waals surface area contributed by atoms with Crippen molar-refractivity contribution < 1.29 is 22.7 Å². The molecule has 0 heterocycles. The molecule has 0 aliphatic carbocycles. The quantitative estimate of drug-likeness (QED) is 0.412. The first-order chi connectivity index (χ1) is 17.0. The number of hydrogen-bond donors (Lipinski definition) is 1. The number of anilines is 1. The van der Waals surface area contributed by atoms with Crippen molar-refractivity contribution in [1.29, 1.82) is 0 Å². The van der Waals surface area contributed by atoms with E-state index in [-0.39, 0.29) is 48.8 Å². The van der Waals surface area contributed by atoms with Crippen LogP contribution in [0.4, 0.5) is 5.69 Å². The SMILES string of the molecule is CC[C@H](C(=O)NC(C)C)N(Cc1ccccc1)C(=O)CCCN(c1ccc(OC)c(Cl)c1)S(C)(=O)=O. The number of carbonyl (C=O) groups is 2. The number of carbonyl (C=O) groups excluding carboxylic acids is 2. The fraction of sp³-hybridized carbons (Fsp3) is 0.462. The van der Waals surface area contributed by atoms with Crippen molar-refractivity contribution in [3.8, 4) is 5.75 Å². The van der Waals surface area contributed by atoms with Crippen LogP contribution in [0.15, 0.2) is 48.5 Å². The standard InChI is InChI=1S/C26H36ClN3O5S/c1-6-23(26(32)28-19(2)3)29(18-20-11-8-7-9-12-20)25(31)13-10-16-30(36(5,33)34)21-14-15-24(35-4)22(27)17-21/h7-9,11-12,14-15,17,19,23H,6,10,13,16,18H2,1-5H3,(H,28,32)/t23-/m1/s1. The minimum Gasteiger partial charge on any atom is -0.495 e. The highest BCUT2D eigenvalue weighted by atomic mass is 35.5. The molecule has 0 aliphatic heterocycles. The topological polar surface area (TPSA) is 96.0 Å². The zero-order valence-electron chi connectivity index (χ0n) is 21.5. The molecule has 0 bridgehead atoms. The molecule has 10 heteroatoms. The van der Waals surface area contributed by atoms with Crippen molar-refractivity contribution in [1.82, 2.24) is 10.2 Å². The van der Waals surface area contributed by atoms with Crippen molar-refractivity contribution >= 4 is 39.1 Å². The predicted molar refractivity (Wildman–Crippen MR) is 144 cm³/mol. The van der Waals surface area contributed by atoms with E-state index in [9.17, 15) is 18.0 Å². The Bertz CT molecular complexity index is 1130. The van der Waals surface area contributed by atoms with Crippen LogP contribution in [0.1, 0.15) is 45.6 Å². The Morgan fingerprint density at radius 3 is 2.31 bits per heavy atom. The summed E-state index contributed by atoms with van der Waals surface area (Å²) in [5.41, 5.74) is 1.30. The van der Waals surface area contributed by atoms with Crippen LogP contribution in [0, 0.1) is 0 Å². The number of sulfonamides is 1. The van der Waals surface area contributed by atoms with Gasteiger partial charge in [-0.3, -0.25) is 13.9 Å². The third-order valence-electron chi connectivity index (χ3n) is 5.59. The first-order valence-corrected chi connectivity index (χ1v) is 14.2. The molecule has 0 fully saturated rings. The Morgan fingerprint density at radius 1 is 1.11 bits per heavy atom. The summed E-state index contributed by atoms with van der Waals surface area (Å²) < 4.78 is 31.4. The number of rotatable bonds is 13. The number of benzene rings is 2. The van der Waals surface area contributed by atoms with Gasteiger partial charge in [0.15, 0.2) is 0 Å². The monoisotopic (exact) mass is 537 g/mol. The minimum absolute atomic E-state index is 0.0557. The Balaban J connectivity index is 2.21. The molecule has 0 saturated carbocycles. The molecule has 2 rings (SSSR count). The number of nitrogens with one attached hydrogen (secondary N) is 1. The molecule has 2 aromatic carbocycles. The molecule has 0 spiro atoms. The largest absolute Gasteiger partial charge is 0.495 e. The maximum Gasteiger partial charge on any atom is 0.243 e. The van der Waals surface area contributed by atoms with Crippen LogP contribution in [0.3, 0.4) is 0 Å². The van der Waals surface area contributed by atoms with Crippen molar-refractivity contribution in [2.24, 2.45) is 0 Å².